The molecule has 2 aromatic carbocycles. The molecule has 0 saturated carbocycles. The van der Waals surface area contributed by atoms with Crippen LogP contribution in [0.3, 0.4) is 0 Å². The number of rotatable bonds is 9. The fourth-order valence-corrected chi connectivity index (χ4v) is 4.61. The number of halogens is 3. The molecule has 0 heterocycles. The summed E-state index contributed by atoms with van der Waals surface area (Å²) < 4.78 is 31.1. The van der Waals surface area contributed by atoms with E-state index in [0.717, 1.165) is 10.6 Å². The molecule has 0 aromatic heterocycles. The summed E-state index contributed by atoms with van der Waals surface area (Å²) in [6.45, 7) is 0.939. The van der Waals surface area contributed by atoms with Gasteiger partial charge in [0.2, 0.25) is 21.8 Å². The minimum Gasteiger partial charge on any atom is -0.495 e. The highest BCUT2D eigenvalue weighted by molar-refractivity contribution is 7.92. The van der Waals surface area contributed by atoms with Crippen LogP contribution < -0.4 is 14.4 Å². The lowest BCUT2D eigenvalue weighted by Crippen LogP contribution is -2.50. The Hall–Kier alpha value is -2.20. The maximum absolute atomic E-state index is 13.3. The number of benzene rings is 2. The van der Waals surface area contributed by atoms with Gasteiger partial charge >= 0.3 is 0 Å². The smallest absolute Gasteiger partial charge is 0.244 e. The summed E-state index contributed by atoms with van der Waals surface area (Å²) in [5, 5.41) is 3.40. The Labute approximate surface area is 208 Å². The number of anilines is 1. The van der Waals surface area contributed by atoms with E-state index in [-0.39, 0.29) is 17.3 Å². The third kappa shape index (κ3) is 6.89. The van der Waals surface area contributed by atoms with Gasteiger partial charge < -0.3 is 15.0 Å². The van der Waals surface area contributed by atoms with Crippen LogP contribution in [0.25, 0.3) is 0 Å². The highest BCUT2D eigenvalue weighted by atomic mass is 35.5. The van der Waals surface area contributed by atoms with Crippen LogP contribution in [0, 0.1) is 0 Å². The van der Waals surface area contributed by atoms with Gasteiger partial charge in [-0.15, -0.1) is 0 Å². The Kier molecular flexibility index (Phi) is 9.25. The molecule has 0 spiro atoms. The van der Waals surface area contributed by atoms with Crippen molar-refractivity contribution in [1.82, 2.24) is 10.2 Å². The van der Waals surface area contributed by atoms with E-state index in [9.17, 15) is 18.0 Å². The van der Waals surface area contributed by atoms with Crippen molar-refractivity contribution in [1.29, 1.82) is 0 Å². The third-order valence-corrected chi connectivity index (χ3v) is 6.89. The quantitative estimate of drug-likeness (QED) is 0.528. The van der Waals surface area contributed by atoms with Crippen LogP contribution in [0.2, 0.25) is 15.1 Å². The van der Waals surface area contributed by atoms with Gasteiger partial charge in [0, 0.05) is 23.6 Å². The van der Waals surface area contributed by atoms with Crippen LogP contribution in [-0.4, -0.2) is 58.1 Å². The summed E-state index contributed by atoms with van der Waals surface area (Å²) in [7, 11) is -1.01. The molecule has 0 aliphatic heterocycles. The predicted octanol–water partition coefficient (Wildman–Crippen LogP) is 3.58. The molecule has 1 atom stereocenters. The Morgan fingerprint density at radius 3 is 2.27 bits per heavy atom. The van der Waals surface area contributed by atoms with E-state index in [4.69, 9.17) is 39.5 Å². The molecule has 2 rings (SSSR count). The van der Waals surface area contributed by atoms with E-state index in [1.807, 2.05) is 0 Å². The Morgan fingerprint density at radius 2 is 1.76 bits per heavy atom. The molecule has 0 radical (unpaired) electrons. The monoisotopic (exact) mass is 535 g/mol. The molecule has 1 N–H and O–H groups in total. The van der Waals surface area contributed by atoms with E-state index in [1.54, 1.807) is 12.1 Å². The van der Waals surface area contributed by atoms with Crippen LogP contribution in [0.5, 0.6) is 5.75 Å². The van der Waals surface area contributed by atoms with Crippen LogP contribution in [-0.2, 0) is 26.2 Å². The third-order valence-electron chi connectivity index (χ3n) is 4.87. The molecule has 2 aromatic rings. The molecule has 12 heteroatoms. The average Bonchev–Trinajstić information content (AvgIpc) is 2.74. The van der Waals surface area contributed by atoms with Gasteiger partial charge in [-0.2, -0.15) is 0 Å². The zero-order chi connectivity index (χ0) is 24.9. The second kappa shape index (κ2) is 11.3. The second-order valence-corrected chi connectivity index (χ2v) is 10.3. The van der Waals surface area contributed by atoms with E-state index < -0.39 is 34.4 Å². The first-order chi connectivity index (χ1) is 15.4. The summed E-state index contributed by atoms with van der Waals surface area (Å²) in [6, 6.07) is 8.22. The zero-order valence-corrected chi connectivity index (χ0v) is 21.5. The highest BCUT2D eigenvalue weighted by Gasteiger charge is 2.30. The van der Waals surface area contributed by atoms with E-state index >= 15 is 0 Å². The molecule has 0 saturated heterocycles. The molecular formula is C21H24Cl3N3O5S. The number of carbonyl (C=O) groups is 2. The number of methoxy groups -OCH3 is 1. The Balaban J connectivity index is 2.43. The molecule has 0 unspecified atom stereocenters. The van der Waals surface area contributed by atoms with E-state index in [0.29, 0.717) is 21.4 Å². The van der Waals surface area contributed by atoms with Gasteiger partial charge in [-0.1, -0.05) is 40.9 Å². The largest absolute Gasteiger partial charge is 0.495 e. The van der Waals surface area contributed by atoms with Crippen LogP contribution in [0.4, 0.5) is 5.69 Å². The summed E-state index contributed by atoms with van der Waals surface area (Å²) in [5.41, 5.74) is 0.720. The fraction of sp³-hybridized carbons (Fsp3) is 0.333. The molecule has 33 heavy (non-hydrogen) atoms. The standard InChI is InChI=1S/C21H24Cl3N3O5S/c1-13(21(29)25-2)26(11-14-5-6-15(22)9-17(14)23)20(28)12-27(33(4,30)31)16-7-8-19(32-3)18(24)10-16/h5-10,13H,11-12H2,1-4H3,(H,25,29)/t13-/m1/s1. The first-order valence-electron chi connectivity index (χ1n) is 9.65. The maximum Gasteiger partial charge on any atom is 0.244 e. The molecule has 8 nitrogen and oxygen atoms in total. The lowest BCUT2D eigenvalue weighted by atomic mass is 10.1. The van der Waals surface area contributed by atoms with Crippen molar-refractivity contribution in [2.45, 2.75) is 19.5 Å². The van der Waals surface area contributed by atoms with Crippen molar-refractivity contribution in [3.05, 3.63) is 57.0 Å². The molecule has 2 amide bonds. The van der Waals surface area contributed by atoms with Gasteiger partial charge in [0.25, 0.3) is 0 Å². The van der Waals surface area contributed by atoms with Crippen LogP contribution >= 0.6 is 34.8 Å². The number of amides is 2. The van der Waals surface area contributed by atoms with Gasteiger partial charge in [-0.25, -0.2) is 8.42 Å². The van der Waals surface area contributed by atoms with Crippen molar-refractivity contribution >= 4 is 62.3 Å². The number of hydrogen-bond donors (Lipinski definition) is 1. The molecule has 0 aliphatic rings. The summed E-state index contributed by atoms with van der Waals surface area (Å²) in [4.78, 5) is 26.9. The lowest BCUT2D eigenvalue weighted by Gasteiger charge is -2.31. The van der Waals surface area contributed by atoms with E-state index in [1.165, 1.54) is 50.2 Å². The van der Waals surface area contributed by atoms with Gasteiger partial charge in [0.05, 0.1) is 24.1 Å². The summed E-state index contributed by atoms with van der Waals surface area (Å²) >= 11 is 18.4. The molecule has 180 valence electrons. The molecule has 0 aliphatic carbocycles. The Morgan fingerprint density at radius 1 is 1.09 bits per heavy atom. The average molecular weight is 537 g/mol. The number of likely N-dealkylation sites (N-methyl/N-ethyl adjacent to an activating group) is 1. The summed E-state index contributed by atoms with van der Waals surface area (Å²) in [6.07, 6.45) is 0.973. The molecule has 0 bridgehead atoms. The first-order valence-corrected chi connectivity index (χ1v) is 12.6. The van der Waals surface area contributed by atoms with Crippen molar-refractivity contribution in [3.63, 3.8) is 0 Å². The minimum atomic E-state index is -3.88. The number of hydrogen-bond acceptors (Lipinski definition) is 5. The fourth-order valence-electron chi connectivity index (χ4n) is 3.05. The molecule has 0 fully saturated rings. The second-order valence-electron chi connectivity index (χ2n) is 7.14. The topological polar surface area (TPSA) is 96.0 Å². The minimum absolute atomic E-state index is 0.0373. The molecular weight excluding hydrogens is 513 g/mol. The van der Waals surface area contributed by atoms with Crippen molar-refractivity contribution in [2.75, 3.05) is 31.3 Å². The first kappa shape index (κ1) is 27.0. The lowest BCUT2D eigenvalue weighted by molar-refractivity contribution is -0.139. The number of sulfonamides is 1. The van der Waals surface area contributed by atoms with Crippen molar-refractivity contribution in [2.24, 2.45) is 0 Å². The van der Waals surface area contributed by atoms with Crippen LogP contribution in [0.15, 0.2) is 36.4 Å². The normalized spacial score (nSPS) is 12.1. The van der Waals surface area contributed by atoms with Gasteiger partial charge in [0.1, 0.15) is 18.3 Å². The van der Waals surface area contributed by atoms with Gasteiger partial charge in [-0.05, 0) is 42.8 Å². The highest BCUT2D eigenvalue weighted by Crippen LogP contribution is 2.30. The number of nitrogens with one attached hydrogen (secondary N) is 1. The Bertz CT molecular complexity index is 1140. The van der Waals surface area contributed by atoms with Crippen LogP contribution in [0.1, 0.15) is 12.5 Å². The van der Waals surface area contributed by atoms with Crippen molar-refractivity contribution in [3.8, 4) is 5.75 Å². The SMILES string of the molecule is CNC(=O)[C@@H](C)N(Cc1ccc(Cl)cc1Cl)C(=O)CN(c1ccc(OC)c(Cl)c1)S(C)(=O)=O. The number of ether oxygens (including phenoxy) is 1. The summed E-state index contributed by atoms with van der Waals surface area (Å²) in [5.74, 6) is -0.686. The van der Waals surface area contributed by atoms with E-state index in [2.05, 4.69) is 5.32 Å². The number of nitrogens with zero attached hydrogens (tertiary/aromatic N) is 2. The predicted molar refractivity (Wildman–Crippen MR) is 131 cm³/mol. The van der Waals surface area contributed by atoms with Crippen molar-refractivity contribution < 1.29 is 22.7 Å². The number of carbonyl (C=O) groups excluding carboxylic acids is 2. The van der Waals surface area contributed by atoms with Gasteiger partial charge in [0.15, 0.2) is 0 Å². The zero-order valence-electron chi connectivity index (χ0n) is 18.4. The van der Waals surface area contributed by atoms with Gasteiger partial charge in [-0.3, -0.25) is 13.9 Å². The maximum atomic E-state index is 13.3.